The van der Waals surface area contributed by atoms with Gasteiger partial charge in [-0.25, -0.2) is 0 Å². The Morgan fingerprint density at radius 1 is 1.31 bits per heavy atom. The maximum atomic E-state index is 6.06. The monoisotopic (exact) mass is 259 g/mol. The Balaban J connectivity index is 1.86. The molecular weight excluding hydrogens is 246 g/mol. The van der Waals surface area contributed by atoms with E-state index in [-0.39, 0.29) is 0 Å². The molecule has 2 fully saturated rings. The van der Waals surface area contributed by atoms with Crippen LogP contribution in [-0.2, 0) is 4.74 Å². The Hall–Kier alpha value is -0.390. The first-order valence-electron chi connectivity index (χ1n) is 5.72. The molecule has 1 saturated heterocycles. The van der Waals surface area contributed by atoms with Gasteiger partial charge in [0.15, 0.2) is 11.0 Å². The molecule has 1 aromatic heterocycles. The lowest BCUT2D eigenvalue weighted by Crippen LogP contribution is -2.53. The average molecular weight is 260 g/mol. The first-order valence-corrected chi connectivity index (χ1v) is 6.83. The maximum Gasteiger partial charge on any atom is 0.187 e. The number of ether oxygens (including phenoxy) is 1. The van der Waals surface area contributed by atoms with Crippen molar-refractivity contribution in [3.8, 4) is 0 Å². The molecule has 2 unspecified atom stereocenters. The van der Waals surface area contributed by atoms with Crippen LogP contribution >= 0.6 is 23.3 Å². The highest BCUT2D eigenvalue weighted by Gasteiger charge is 2.36. The topological polar surface area (TPSA) is 38.2 Å². The molecule has 3 rings (SSSR count). The molecule has 2 atom stereocenters. The molecule has 1 saturated carbocycles. The van der Waals surface area contributed by atoms with E-state index in [4.69, 9.17) is 16.3 Å². The summed E-state index contributed by atoms with van der Waals surface area (Å²) in [5.41, 5.74) is 0. The Bertz CT molecular complexity index is 371. The van der Waals surface area contributed by atoms with E-state index in [0.717, 1.165) is 25.4 Å². The number of hydrogen-bond donors (Lipinski definition) is 0. The second-order valence-corrected chi connectivity index (χ2v) is 5.22. The minimum atomic E-state index is 0.361. The summed E-state index contributed by atoms with van der Waals surface area (Å²) in [5.74, 6) is 0.854. The Labute approximate surface area is 104 Å². The van der Waals surface area contributed by atoms with Crippen molar-refractivity contribution < 1.29 is 4.74 Å². The molecular formula is C10H14ClN3OS. The quantitative estimate of drug-likeness (QED) is 0.776. The molecule has 16 heavy (non-hydrogen) atoms. The predicted octanol–water partition coefficient (Wildman–Crippen LogP) is 2.34. The van der Waals surface area contributed by atoms with Crippen LogP contribution in [0.4, 0.5) is 5.82 Å². The summed E-state index contributed by atoms with van der Waals surface area (Å²) in [6.07, 6.45) is 5.25. The fourth-order valence-electron chi connectivity index (χ4n) is 2.70. The van der Waals surface area contributed by atoms with Crippen molar-refractivity contribution in [2.24, 2.45) is 0 Å². The molecule has 0 amide bonds. The van der Waals surface area contributed by atoms with Crippen molar-refractivity contribution >= 4 is 29.1 Å². The summed E-state index contributed by atoms with van der Waals surface area (Å²) in [6.45, 7) is 1.65. The Morgan fingerprint density at radius 3 is 3.00 bits per heavy atom. The van der Waals surface area contributed by atoms with Crippen LogP contribution < -0.4 is 4.90 Å². The number of aromatic nitrogens is 2. The molecule has 1 aliphatic heterocycles. The first-order chi connectivity index (χ1) is 7.86. The van der Waals surface area contributed by atoms with Crippen molar-refractivity contribution in [1.29, 1.82) is 0 Å². The molecule has 0 spiro atoms. The van der Waals surface area contributed by atoms with Gasteiger partial charge in [0, 0.05) is 6.54 Å². The Kier molecular flexibility index (Phi) is 3.00. The highest BCUT2D eigenvalue weighted by atomic mass is 35.5. The summed E-state index contributed by atoms with van der Waals surface area (Å²) in [4.78, 5) is 2.29. The van der Waals surface area contributed by atoms with Crippen LogP contribution in [0.5, 0.6) is 0 Å². The summed E-state index contributed by atoms with van der Waals surface area (Å²) >= 11 is 7.24. The summed E-state index contributed by atoms with van der Waals surface area (Å²) in [7, 11) is 0. The van der Waals surface area contributed by atoms with E-state index in [0.29, 0.717) is 17.3 Å². The molecule has 0 bridgehead atoms. The fourth-order valence-corrected chi connectivity index (χ4v) is 3.46. The van der Waals surface area contributed by atoms with Crippen LogP contribution in [0.1, 0.15) is 25.7 Å². The Morgan fingerprint density at radius 2 is 2.19 bits per heavy atom. The normalized spacial score (nSPS) is 30.2. The minimum Gasteiger partial charge on any atom is -0.374 e. The van der Waals surface area contributed by atoms with Gasteiger partial charge in [0.05, 0.1) is 30.5 Å². The smallest absolute Gasteiger partial charge is 0.187 e. The number of anilines is 1. The summed E-state index contributed by atoms with van der Waals surface area (Å²) in [5, 5.41) is 0.538. The number of morpholine rings is 1. The van der Waals surface area contributed by atoms with Gasteiger partial charge in [0.25, 0.3) is 0 Å². The number of halogens is 1. The molecule has 0 N–H and O–H groups in total. The van der Waals surface area contributed by atoms with Crippen LogP contribution in [-0.4, -0.2) is 34.0 Å². The zero-order valence-electron chi connectivity index (χ0n) is 8.93. The summed E-state index contributed by atoms with van der Waals surface area (Å²) < 4.78 is 14.2. The summed E-state index contributed by atoms with van der Waals surface area (Å²) in [6, 6.07) is 0.448. The van der Waals surface area contributed by atoms with Crippen LogP contribution in [0, 0.1) is 0 Å². The molecule has 1 aromatic rings. The van der Waals surface area contributed by atoms with Gasteiger partial charge in [-0.3, -0.25) is 0 Å². The predicted molar refractivity (Wildman–Crippen MR) is 64.3 cm³/mol. The van der Waals surface area contributed by atoms with E-state index in [1.807, 2.05) is 0 Å². The van der Waals surface area contributed by atoms with Crippen LogP contribution in [0.2, 0.25) is 5.15 Å². The van der Waals surface area contributed by atoms with Gasteiger partial charge in [-0.1, -0.05) is 24.4 Å². The molecule has 2 aliphatic rings. The number of rotatable bonds is 1. The van der Waals surface area contributed by atoms with Gasteiger partial charge in [0.2, 0.25) is 0 Å². The SMILES string of the molecule is Clc1nsnc1N1CCOC2CCCCC21. The van der Waals surface area contributed by atoms with E-state index in [9.17, 15) is 0 Å². The molecule has 0 radical (unpaired) electrons. The van der Waals surface area contributed by atoms with E-state index >= 15 is 0 Å². The standard InChI is InChI=1S/C10H14ClN3OS/c11-9-10(13-16-12-9)14-5-6-15-8-4-2-1-3-7(8)14/h7-8H,1-6H2. The second kappa shape index (κ2) is 4.47. The first kappa shape index (κ1) is 10.7. The van der Waals surface area contributed by atoms with Crippen molar-refractivity contribution in [3.63, 3.8) is 0 Å². The second-order valence-electron chi connectivity index (χ2n) is 4.33. The zero-order chi connectivity index (χ0) is 11.0. The van der Waals surface area contributed by atoms with Gasteiger partial charge in [0.1, 0.15) is 0 Å². The third-order valence-corrected chi connectivity index (χ3v) is 4.31. The van der Waals surface area contributed by atoms with Crippen molar-refractivity contribution in [2.45, 2.75) is 37.8 Å². The van der Waals surface area contributed by atoms with Crippen molar-refractivity contribution in [3.05, 3.63) is 5.15 Å². The van der Waals surface area contributed by atoms with Gasteiger partial charge < -0.3 is 9.64 Å². The zero-order valence-corrected chi connectivity index (χ0v) is 10.5. The lowest BCUT2D eigenvalue weighted by molar-refractivity contribution is -0.00892. The van der Waals surface area contributed by atoms with Gasteiger partial charge in [-0.15, -0.1) is 0 Å². The van der Waals surface area contributed by atoms with Crippen molar-refractivity contribution in [1.82, 2.24) is 8.75 Å². The molecule has 88 valence electrons. The number of hydrogen-bond acceptors (Lipinski definition) is 5. The lowest BCUT2D eigenvalue weighted by Gasteiger charge is -2.43. The average Bonchev–Trinajstić information content (AvgIpc) is 2.75. The molecule has 2 heterocycles. The van der Waals surface area contributed by atoms with E-state index in [1.54, 1.807) is 0 Å². The highest BCUT2D eigenvalue weighted by Crippen LogP contribution is 2.34. The van der Waals surface area contributed by atoms with Crippen LogP contribution in [0.3, 0.4) is 0 Å². The van der Waals surface area contributed by atoms with Crippen molar-refractivity contribution in [2.75, 3.05) is 18.1 Å². The van der Waals surface area contributed by atoms with Crippen LogP contribution in [0.15, 0.2) is 0 Å². The molecule has 0 aromatic carbocycles. The van der Waals surface area contributed by atoms with Gasteiger partial charge >= 0.3 is 0 Å². The third kappa shape index (κ3) is 1.81. The van der Waals surface area contributed by atoms with E-state index in [2.05, 4.69) is 13.6 Å². The molecule has 6 heteroatoms. The fraction of sp³-hybridized carbons (Fsp3) is 0.800. The minimum absolute atomic E-state index is 0.361. The van der Waals surface area contributed by atoms with E-state index < -0.39 is 0 Å². The van der Waals surface area contributed by atoms with Gasteiger partial charge in [-0.05, 0) is 12.8 Å². The molecule has 4 nitrogen and oxygen atoms in total. The number of nitrogens with zero attached hydrogens (tertiary/aromatic N) is 3. The van der Waals surface area contributed by atoms with E-state index in [1.165, 1.54) is 31.0 Å². The maximum absolute atomic E-state index is 6.06. The highest BCUT2D eigenvalue weighted by molar-refractivity contribution is 6.99. The van der Waals surface area contributed by atoms with Crippen LogP contribution in [0.25, 0.3) is 0 Å². The lowest BCUT2D eigenvalue weighted by atomic mass is 9.90. The van der Waals surface area contributed by atoms with Gasteiger partial charge in [-0.2, -0.15) is 8.75 Å². The number of fused-ring (bicyclic) bond motifs is 1. The third-order valence-electron chi connectivity index (χ3n) is 3.44. The largest absolute Gasteiger partial charge is 0.374 e. The molecule has 1 aliphatic carbocycles.